The average Bonchev–Trinajstić information content (AvgIpc) is 2.26. The van der Waals surface area contributed by atoms with Crippen LogP contribution < -0.4 is 0 Å². The number of benzene rings is 1. The maximum absolute atomic E-state index is 10.9. The average molecular weight is 190 g/mol. The van der Waals surface area contributed by atoms with Gasteiger partial charge in [-0.25, -0.2) is 0 Å². The van der Waals surface area contributed by atoms with Crippen molar-refractivity contribution < 1.29 is 9.53 Å². The van der Waals surface area contributed by atoms with E-state index in [-0.39, 0.29) is 5.97 Å². The van der Waals surface area contributed by atoms with Crippen LogP contribution in [0.4, 0.5) is 0 Å². The summed E-state index contributed by atoms with van der Waals surface area (Å²) in [5.41, 5.74) is 2.06. The molecule has 0 aromatic heterocycles. The first kappa shape index (κ1) is 10.5. The summed E-state index contributed by atoms with van der Waals surface area (Å²) in [4.78, 5) is 10.9. The Balaban J connectivity index is 2.51. The zero-order valence-electron chi connectivity index (χ0n) is 8.32. The molecule has 0 bridgehead atoms. The topological polar surface area (TPSA) is 26.3 Å². The quantitative estimate of drug-likeness (QED) is 0.682. The highest BCUT2D eigenvalue weighted by Crippen LogP contribution is 2.06. The van der Waals surface area contributed by atoms with Crippen molar-refractivity contribution in [2.24, 2.45) is 0 Å². The van der Waals surface area contributed by atoms with Crippen LogP contribution in [0.25, 0.3) is 6.08 Å². The summed E-state index contributed by atoms with van der Waals surface area (Å²) in [5.74, 6) is -0.169. The van der Waals surface area contributed by atoms with Crippen LogP contribution in [-0.4, -0.2) is 5.97 Å². The standard InChI is InChI=1S/C12H14O2/c1-3-10-5-7-11(8-6-10)9-14-12(13)4-2/h3,5-8H,1,4,9H2,2H3. The van der Waals surface area contributed by atoms with Crippen molar-refractivity contribution in [2.75, 3.05) is 0 Å². The molecule has 0 heterocycles. The minimum absolute atomic E-state index is 0.169. The number of esters is 1. The second-order valence-corrected chi connectivity index (χ2v) is 2.96. The van der Waals surface area contributed by atoms with E-state index in [1.165, 1.54) is 0 Å². The molecule has 0 amide bonds. The second kappa shape index (κ2) is 5.22. The van der Waals surface area contributed by atoms with Crippen LogP contribution in [0.5, 0.6) is 0 Å². The van der Waals surface area contributed by atoms with Gasteiger partial charge in [0.25, 0.3) is 0 Å². The Kier molecular flexibility index (Phi) is 3.92. The zero-order chi connectivity index (χ0) is 10.4. The highest BCUT2D eigenvalue weighted by atomic mass is 16.5. The van der Waals surface area contributed by atoms with Gasteiger partial charge in [0.15, 0.2) is 0 Å². The van der Waals surface area contributed by atoms with Gasteiger partial charge >= 0.3 is 5.97 Å². The Morgan fingerprint density at radius 3 is 2.57 bits per heavy atom. The zero-order valence-corrected chi connectivity index (χ0v) is 8.32. The van der Waals surface area contributed by atoms with E-state index in [0.29, 0.717) is 13.0 Å². The maximum Gasteiger partial charge on any atom is 0.305 e. The second-order valence-electron chi connectivity index (χ2n) is 2.96. The van der Waals surface area contributed by atoms with E-state index in [4.69, 9.17) is 4.74 Å². The molecule has 0 saturated carbocycles. The van der Waals surface area contributed by atoms with Gasteiger partial charge < -0.3 is 4.74 Å². The number of ether oxygens (including phenoxy) is 1. The van der Waals surface area contributed by atoms with Crippen LogP contribution >= 0.6 is 0 Å². The largest absolute Gasteiger partial charge is 0.461 e. The monoisotopic (exact) mass is 190 g/mol. The molecule has 1 rings (SSSR count). The smallest absolute Gasteiger partial charge is 0.305 e. The molecule has 0 radical (unpaired) electrons. The van der Waals surface area contributed by atoms with Crippen molar-refractivity contribution in [3.63, 3.8) is 0 Å². The van der Waals surface area contributed by atoms with Crippen molar-refractivity contribution in [3.8, 4) is 0 Å². The van der Waals surface area contributed by atoms with Gasteiger partial charge in [-0.1, -0.05) is 43.8 Å². The molecule has 1 aromatic rings. The summed E-state index contributed by atoms with van der Waals surface area (Å²) >= 11 is 0. The van der Waals surface area contributed by atoms with Crippen LogP contribution in [0.15, 0.2) is 30.8 Å². The predicted octanol–water partition coefficient (Wildman–Crippen LogP) is 2.78. The summed E-state index contributed by atoms with van der Waals surface area (Å²) in [6.07, 6.45) is 2.20. The molecule has 0 aliphatic heterocycles. The van der Waals surface area contributed by atoms with Gasteiger partial charge in [0.2, 0.25) is 0 Å². The minimum Gasteiger partial charge on any atom is -0.461 e. The summed E-state index contributed by atoms with van der Waals surface area (Å²) < 4.78 is 4.99. The fourth-order valence-corrected chi connectivity index (χ4v) is 1.02. The summed E-state index contributed by atoms with van der Waals surface area (Å²) in [5, 5.41) is 0. The Morgan fingerprint density at radius 1 is 1.43 bits per heavy atom. The number of carbonyl (C=O) groups is 1. The Bertz CT molecular complexity index is 312. The van der Waals surface area contributed by atoms with Crippen LogP contribution in [-0.2, 0) is 16.1 Å². The highest BCUT2D eigenvalue weighted by Gasteiger charge is 1.98. The molecule has 2 heteroatoms. The van der Waals surface area contributed by atoms with Crippen LogP contribution in [0.2, 0.25) is 0 Å². The van der Waals surface area contributed by atoms with E-state index >= 15 is 0 Å². The third-order valence-electron chi connectivity index (χ3n) is 1.90. The molecular weight excluding hydrogens is 176 g/mol. The molecule has 74 valence electrons. The SMILES string of the molecule is C=Cc1ccc(COC(=O)CC)cc1. The lowest BCUT2D eigenvalue weighted by Gasteiger charge is -2.03. The normalized spacial score (nSPS) is 9.50. The molecule has 1 aromatic carbocycles. The van der Waals surface area contributed by atoms with Gasteiger partial charge in [0, 0.05) is 6.42 Å². The molecule has 0 saturated heterocycles. The van der Waals surface area contributed by atoms with Crippen molar-refractivity contribution in [2.45, 2.75) is 20.0 Å². The Morgan fingerprint density at radius 2 is 2.07 bits per heavy atom. The van der Waals surface area contributed by atoms with E-state index in [2.05, 4.69) is 6.58 Å². The fourth-order valence-electron chi connectivity index (χ4n) is 1.02. The summed E-state index contributed by atoms with van der Waals surface area (Å²) in [6, 6.07) is 7.75. The molecule has 14 heavy (non-hydrogen) atoms. The predicted molar refractivity (Wildman–Crippen MR) is 56.6 cm³/mol. The first-order valence-electron chi connectivity index (χ1n) is 4.63. The van der Waals surface area contributed by atoms with Crippen molar-refractivity contribution in [3.05, 3.63) is 42.0 Å². The van der Waals surface area contributed by atoms with Gasteiger partial charge in [-0.2, -0.15) is 0 Å². The van der Waals surface area contributed by atoms with Crippen molar-refractivity contribution >= 4 is 12.0 Å². The molecule has 0 unspecified atom stereocenters. The maximum atomic E-state index is 10.9. The molecule has 0 spiro atoms. The lowest BCUT2D eigenvalue weighted by atomic mass is 10.1. The molecule has 0 aliphatic carbocycles. The van der Waals surface area contributed by atoms with Crippen molar-refractivity contribution in [1.29, 1.82) is 0 Å². The molecule has 0 fully saturated rings. The van der Waals surface area contributed by atoms with E-state index in [9.17, 15) is 4.79 Å². The highest BCUT2D eigenvalue weighted by molar-refractivity contribution is 5.68. The first-order valence-corrected chi connectivity index (χ1v) is 4.63. The third-order valence-corrected chi connectivity index (χ3v) is 1.90. The molecule has 0 N–H and O–H groups in total. The summed E-state index contributed by atoms with van der Waals surface area (Å²) in [7, 11) is 0. The Hall–Kier alpha value is -1.57. The van der Waals surface area contributed by atoms with E-state index in [0.717, 1.165) is 11.1 Å². The molecular formula is C12H14O2. The number of hydrogen-bond donors (Lipinski definition) is 0. The number of rotatable bonds is 4. The number of hydrogen-bond acceptors (Lipinski definition) is 2. The van der Waals surface area contributed by atoms with Gasteiger partial charge in [-0.3, -0.25) is 4.79 Å². The van der Waals surface area contributed by atoms with Crippen LogP contribution in [0.3, 0.4) is 0 Å². The van der Waals surface area contributed by atoms with E-state index in [1.54, 1.807) is 13.0 Å². The van der Waals surface area contributed by atoms with Crippen LogP contribution in [0.1, 0.15) is 24.5 Å². The molecule has 0 atom stereocenters. The van der Waals surface area contributed by atoms with E-state index < -0.39 is 0 Å². The van der Waals surface area contributed by atoms with Crippen LogP contribution in [0, 0.1) is 0 Å². The van der Waals surface area contributed by atoms with E-state index in [1.807, 2.05) is 24.3 Å². The molecule has 0 aliphatic rings. The van der Waals surface area contributed by atoms with Gasteiger partial charge in [0.05, 0.1) is 0 Å². The Labute approximate surface area is 84.2 Å². The van der Waals surface area contributed by atoms with Gasteiger partial charge in [-0.05, 0) is 11.1 Å². The third kappa shape index (κ3) is 3.05. The fraction of sp³-hybridized carbons (Fsp3) is 0.250. The van der Waals surface area contributed by atoms with Gasteiger partial charge in [-0.15, -0.1) is 0 Å². The minimum atomic E-state index is -0.169. The van der Waals surface area contributed by atoms with Gasteiger partial charge in [0.1, 0.15) is 6.61 Å². The lowest BCUT2D eigenvalue weighted by molar-refractivity contribution is -0.144. The van der Waals surface area contributed by atoms with Crippen molar-refractivity contribution in [1.82, 2.24) is 0 Å². The summed E-state index contributed by atoms with van der Waals surface area (Å²) in [6.45, 7) is 5.79. The lowest BCUT2D eigenvalue weighted by Crippen LogP contribution is -2.02. The molecule has 2 nitrogen and oxygen atoms in total. The number of carbonyl (C=O) groups excluding carboxylic acids is 1. The first-order chi connectivity index (χ1) is 6.76.